The predicted molar refractivity (Wildman–Crippen MR) is 113 cm³/mol. The van der Waals surface area contributed by atoms with E-state index in [-0.39, 0.29) is 18.6 Å². The Labute approximate surface area is 168 Å². The van der Waals surface area contributed by atoms with Crippen LogP contribution in [0.3, 0.4) is 0 Å². The molecule has 0 unspecified atom stereocenters. The summed E-state index contributed by atoms with van der Waals surface area (Å²) in [5.74, 6) is 0.617. The molecule has 5 nitrogen and oxygen atoms in total. The fraction of sp³-hybridized carbons (Fsp3) is 0.435. The molecule has 0 bridgehead atoms. The van der Waals surface area contributed by atoms with Crippen LogP contribution in [-0.4, -0.2) is 48.5 Å². The van der Waals surface area contributed by atoms with Crippen LogP contribution in [0.1, 0.15) is 29.5 Å². The van der Waals surface area contributed by atoms with Crippen LogP contribution in [-0.2, 0) is 11.3 Å². The third-order valence-electron chi connectivity index (χ3n) is 5.53. The molecule has 28 heavy (non-hydrogen) atoms. The molecule has 3 rings (SSSR count). The van der Waals surface area contributed by atoms with E-state index in [2.05, 4.69) is 29.2 Å². The van der Waals surface area contributed by atoms with Crippen molar-refractivity contribution in [3.8, 4) is 5.75 Å². The number of piperidine rings is 1. The molecule has 2 aromatic rings. The van der Waals surface area contributed by atoms with Crippen LogP contribution in [0.15, 0.2) is 42.5 Å². The standard InChI is InChI=1S/C23H31N3O2/c1-17-13-18(2)23(21(24)14-17)28-16-22(27)25(3)20-9-11-26(12-10-20)15-19-7-5-4-6-8-19/h4-8,13-14,20H,9-12,15-16,24H2,1-3H3. The molecule has 1 aliphatic heterocycles. The summed E-state index contributed by atoms with van der Waals surface area (Å²) >= 11 is 0. The molecular formula is C23H31N3O2. The quantitative estimate of drug-likeness (QED) is 0.780. The summed E-state index contributed by atoms with van der Waals surface area (Å²) in [6, 6.07) is 14.7. The van der Waals surface area contributed by atoms with Crippen molar-refractivity contribution in [1.29, 1.82) is 0 Å². The molecule has 5 heteroatoms. The van der Waals surface area contributed by atoms with Crippen LogP contribution in [0.25, 0.3) is 0 Å². The van der Waals surface area contributed by atoms with Gasteiger partial charge in [0, 0.05) is 32.7 Å². The molecule has 2 N–H and O–H groups in total. The number of hydrogen-bond donors (Lipinski definition) is 1. The van der Waals surface area contributed by atoms with Crippen LogP contribution >= 0.6 is 0 Å². The van der Waals surface area contributed by atoms with Gasteiger partial charge in [0.05, 0.1) is 5.69 Å². The van der Waals surface area contributed by atoms with Gasteiger partial charge in [0.15, 0.2) is 6.61 Å². The third-order valence-corrected chi connectivity index (χ3v) is 5.53. The molecule has 1 saturated heterocycles. The molecule has 0 aromatic heterocycles. The highest BCUT2D eigenvalue weighted by Gasteiger charge is 2.25. The van der Waals surface area contributed by atoms with E-state index in [1.165, 1.54) is 5.56 Å². The zero-order chi connectivity index (χ0) is 20.1. The van der Waals surface area contributed by atoms with Gasteiger partial charge in [-0.05, 0) is 49.4 Å². The molecule has 1 amide bonds. The number of anilines is 1. The van der Waals surface area contributed by atoms with Gasteiger partial charge >= 0.3 is 0 Å². The number of carbonyl (C=O) groups is 1. The third kappa shape index (κ3) is 5.04. The summed E-state index contributed by atoms with van der Waals surface area (Å²) in [7, 11) is 1.88. The van der Waals surface area contributed by atoms with Gasteiger partial charge in [-0.1, -0.05) is 36.4 Å². The van der Waals surface area contributed by atoms with Gasteiger partial charge in [-0.15, -0.1) is 0 Å². The Morgan fingerprint density at radius 1 is 1.18 bits per heavy atom. The van der Waals surface area contributed by atoms with Crippen molar-refractivity contribution in [2.24, 2.45) is 0 Å². The molecule has 0 aliphatic carbocycles. The fourth-order valence-corrected chi connectivity index (χ4v) is 3.93. The maximum absolute atomic E-state index is 12.6. The molecule has 2 aromatic carbocycles. The van der Waals surface area contributed by atoms with Crippen molar-refractivity contribution >= 4 is 11.6 Å². The fourth-order valence-electron chi connectivity index (χ4n) is 3.93. The number of nitrogen functional groups attached to an aromatic ring is 1. The van der Waals surface area contributed by atoms with Crippen LogP contribution in [0, 0.1) is 13.8 Å². The lowest BCUT2D eigenvalue weighted by molar-refractivity contribution is -0.135. The average Bonchev–Trinajstić information content (AvgIpc) is 2.68. The first-order valence-electron chi connectivity index (χ1n) is 9.95. The van der Waals surface area contributed by atoms with Crippen LogP contribution in [0.4, 0.5) is 5.69 Å². The van der Waals surface area contributed by atoms with Gasteiger partial charge in [-0.3, -0.25) is 9.69 Å². The number of benzene rings is 2. The van der Waals surface area contributed by atoms with Crippen LogP contribution < -0.4 is 10.5 Å². The molecule has 0 radical (unpaired) electrons. The van der Waals surface area contributed by atoms with Gasteiger partial charge in [-0.2, -0.15) is 0 Å². The van der Waals surface area contributed by atoms with E-state index in [0.717, 1.165) is 43.6 Å². The summed E-state index contributed by atoms with van der Waals surface area (Å²) < 4.78 is 5.77. The van der Waals surface area contributed by atoms with E-state index in [4.69, 9.17) is 10.5 Å². The Bertz CT molecular complexity index is 776. The second-order valence-corrected chi connectivity index (χ2v) is 7.79. The van der Waals surface area contributed by atoms with Gasteiger partial charge in [-0.25, -0.2) is 0 Å². The molecule has 150 valence electrons. The number of rotatable bonds is 6. The molecular weight excluding hydrogens is 350 g/mol. The van der Waals surface area contributed by atoms with Crippen molar-refractivity contribution in [2.75, 3.05) is 32.5 Å². The van der Waals surface area contributed by atoms with Crippen molar-refractivity contribution in [3.63, 3.8) is 0 Å². The van der Waals surface area contributed by atoms with E-state index < -0.39 is 0 Å². The molecule has 0 saturated carbocycles. The van der Waals surface area contributed by atoms with E-state index in [9.17, 15) is 4.79 Å². The molecule has 0 atom stereocenters. The first kappa shape index (κ1) is 20.2. The Balaban J connectivity index is 1.48. The maximum Gasteiger partial charge on any atom is 0.260 e. The second kappa shape index (κ2) is 9.11. The highest BCUT2D eigenvalue weighted by Crippen LogP contribution is 2.27. The van der Waals surface area contributed by atoms with Crippen molar-refractivity contribution in [2.45, 2.75) is 39.3 Å². The summed E-state index contributed by atoms with van der Waals surface area (Å²) in [6.45, 7) is 6.95. The number of carbonyl (C=O) groups excluding carboxylic acids is 1. The largest absolute Gasteiger partial charge is 0.481 e. The number of hydrogen-bond acceptors (Lipinski definition) is 4. The monoisotopic (exact) mass is 381 g/mol. The van der Waals surface area contributed by atoms with E-state index in [1.807, 2.05) is 44.0 Å². The van der Waals surface area contributed by atoms with Crippen molar-refractivity contribution < 1.29 is 9.53 Å². The number of ether oxygens (including phenoxy) is 1. The Morgan fingerprint density at radius 3 is 2.50 bits per heavy atom. The first-order chi connectivity index (χ1) is 13.4. The smallest absolute Gasteiger partial charge is 0.260 e. The summed E-state index contributed by atoms with van der Waals surface area (Å²) in [5.41, 5.74) is 10.0. The van der Waals surface area contributed by atoms with Crippen LogP contribution in [0.5, 0.6) is 5.75 Å². The lowest BCUT2D eigenvalue weighted by Crippen LogP contribution is -2.46. The highest BCUT2D eigenvalue weighted by atomic mass is 16.5. The van der Waals surface area contributed by atoms with E-state index in [1.54, 1.807) is 0 Å². The van der Waals surface area contributed by atoms with E-state index >= 15 is 0 Å². The number of aryl methyl sites for hydroxylation is 2. The minimum atomic E-state index is 0.000819. The maximum atomic E-state index is 12.6. The number of likely N-dealkylation sites (N-methyl/N-ethyl adjacent to an activating group) is 1. The molecule has 1 aliphatic rings. The van der Waals surface area contributed by atoms with Crippen LogP contribution in [0.2, 0.25) is 0 Å². The second-order valence-electron chi connectivity index (χ2n) is 7.79. The lowest BCUT2D eigenvalue weighted by atomic mass is 10.0. The first-order valence-corrected chi connectivity index (χ1v) is 9.95. The van der Waals surface area contributed by atoms with Gasteiger partial charge in [0.1, 0.15) is 5.75 Å². The normalized spacial score (nSPS) is 15.4. The van der Waals surface area contributed by atoms with E-state index in [0.29, 0.717) is 11.4 Å². The predicted octanol–water partition coefficient (Wildman–Crippen LogP) is 3.39. The summed E-state index contributed by atoms with van der Waals surface area (Å²) in [5, 5.41) is 0. The SMILES string of the molecule is Cc1cc(C)c(OCC(=O)N(C)C2CCN(Cc3ccccc3)CC2)c(N)c1. The Hall–Kier alpha value is -2.53. The molecule has 0 spiro atoms. The number of nitrogens with two attached hydrogens (primary N) is 1. The Morgan fingerprint density at radius 2 is 1.86 bits per heavy atom. The van der Waals surface area contributed by atoms with Gasteiger partial charge < -0.3 is 15.4 Å². The summed E-state index contributed by atoms with van der Waals surface area (Å²) in [4.78, 5) is 16.9. The minimum Gasteiger partial charge on any atom is -0.481 e. The zero-order valence-electron chi connectivity index (χ0n) is 17.1. The number of nitrogens with zero attached hydrogens (tertiary/aromatic N) is 2. The van der Waals surface area contributed by atoms with Gasteiger partial charge in [0.2, 0.25) is 0 Å². The summed E-state index contributed by atoms with van der Waals surface area (Å²) in [6.07, 6.45) is 1.97. The van der Waals surface area contributed by atoms with Gasteiger partial charge in [0.25, 0.3) is 5.91 Å². The molecule has 1 heterocycles. The Kier molecular flexibility index (Phi) is 6.57. The highest BCUT2D eigenvalue weighted by molar-refractivity contribution is 5.78. The van der Waals surface area contributed by atoms with Crippen molar-refractivity contribution in [3.05, 3.63) is 59.2 Å². The number of amides is 1. The number of likely N-dealkylation sites (tertiary alicyclic amines) is 1. The molecule has 1 fully saturated rings. The lowest BCUT2D eigenvalue weighted by Gasteiger charge is -2.36. The zero-order valence-corrected chi connectivity index (χ0v) is 17.1. The topological polar surface area (TPSA) is 58.8 Å². The minimum absolute atomic E-state index is 0.000819. The average molecular weight is 382 g/mol. The van der Waals surface area contributed by atoms with Crippen molar-refractivity contribution in [1.82, 2.24) is 9.80 Å².